The highest BCUT2D eigenvalue weighted by molar-refractivity contribution is 5.59. The van der Waals surface area contributed by atoms with Gasteiger partial charge in [-0.15, -0.1) is 0 Å². The molecule has 360 valence electrons. The zero-order valence-corrected chi connectivity index (χ0v) is 42.6. The van der Waals surface area contributed by atoms with E-state index in [0.717, 1.165) is 0 Å². The number of aryl methyl sites for hydroxylation is 4. The molecule has 0 amide bonds. The average Bonchev–Trinajstić information content (AvgIpc) is 3.38. The van der Waals surface area contributed by atoms with Crippen LogP contribution in [0.4, 0.5) is 0 Å². The van der Waals surface area contributed by atoms with E-state index in [0.29, 0.717) is 41.6 Å². The fourth-order valence-corrected chi connectivity index (χ4v) is 13.9. The van der Waals surface area contributed by atoms with E-state index in [2.05, 4.69) is 125 Å². The Kier molecular flexibility index (Phi) is 14.8. The quantitative estimate of drug-likeness (QED) is 0.120. The summed E-state index contributed by atoms with van der Waals surface area (Å²) in [5, 5.41) is 23.3. The summed E-state index contributed by atoms with van der Waals surface area (Å²) in [6.45, 7) is 9.25. The molecule has 6 aromatic carbocycles. The van der Waals surface area contributed by atoms with E-state index in [9.17, 15) is 10.2 Å². The zero-order valence-electron chi connectivity index (χ0n) is 42.6. The van der Waals surface area contributed by atoms with Crippen LogP contribution in [0, 0.1) is 27.7 Å². The Hall–Kier alpha value is -5.08. The number of hydrogen-bond acceptors (Lipinski definition) is 2. The Morgan fingerprint density at radius 2 is 0.580 bits per heavy atom. The summed E-state index contributed by atoms with van der Waals surface area (Å²) in [5.41, 5.74) is 21.4. The Morgan fingerprint density at radius 1 is 0.319 bits per heavy atom. The number of aromatic hydroxyl groups is 2. The second kappa shape index (κ2) is 21.5. The van der Waals surface area contributed by atoms with Gasteiger partial charge >= 0.3 is 0 Å². The van der Waals surface area contributed by atoms with Crippen LogP contribution in [0.5, 0.6) is 11.5 Å². The molecule has 0 spiro atoms. The van der Waals surface area contributed by atoms with Crippen LogP contribution < -0.4 is 0 Å². The third-order valence-corrected chi connectivity index (χ3v) is 18.0. The number of phenols is 2. The Labute approximate surface area is 416 Å². The van der Waals surface area contributed by atoms with Gasteiger partial charge in [0.05, 0.1) is 0 Å². The van der Waals surface area contributed by atoms with Crippen molar-refractivity contribution in [3.05, 3.63) is 198 Å². The van der Waals surface area contributed by atoms with Crippen LogP contribution >= 0.6 is 0 Å². The molecule has 0 saturated heterocycles. The minimum Gasteiger partial charge on any atom is -0.508 e. The molecule has 4 aliphatic carbocycles. The topological polar surface area (TPSA) is 40.5 Å². The van der Waals surface area contributed by atoms with Gasteiger partial charge in [-0.05, 0) is 222 Å². The third kappa shape index (κ3) is 10.5. The van der Waals surface area contributed by atoms with E-state index < -0.39 is 0 Å². The summed E-state index contributed by atoms with van der Waals surface area (Å²) in [6, 6.07) is 42.0. The first-order valence-corrected chi connectivity index (χ1v) is 27.7. The van der Waals surface area contributed by atoms with Crippen LogP contribution in [0.15, 0.2) is 109 Å². The molecule has 0 bridgehead atoms. The van der Waals surface area contributed by atoms with Crippen LogP contribution in [0.2, 0.25) is 0 Å². The Morgan fingerprint density at radius 3 is 0.841 bits per heavy atom. The molecule has 0 aliphatic heterocycles. The van der Waals surface area contributed by atoms with Crippen molar-refractivity contribution in [2.75, 3.05) is 0 Å². The van der Waals surface area contributed by atoms with E-state index in [1.54, 1.807) is 0 Å². The van der Waals surface area contributed by atoms with Gasteiger partial charge in [0.25, 0.3) is 0 Å². The fraction of sp³-hybridized carbons (Fsp3) is 0.463. The van der Waals surface area contributed by atoms with Crippen molar-refractivity contribution in [1.82, 2.24) is 0 Å². The Bertz CT molecular complexity index is 2390. The van der Waals surface area contributed by atoms with Gasteiger partial charge in [-0.25, -0.2) is 0 Å². The molecule has 4 aliphatic rings. The van der Waals surface area contributed by atoms with Crippen LogP contribution in [0.25, 0.3) is 0 Å². The minimum absolute atomic E-state index is 0.0561. The lowest BCUT2D eigenvalue weighted by molar-refractivity contribution is 0.443. The van der Waals surface area contributed by atoms with Gasteiger partial charge in [-0.3, -0.25) is 0 Å². The van der Waals surface area contributed by atoms with Gasteiger partial charge in [0, 0.05) is 11.8 Å². The van der Waals surface area contributed by atoms with Crippen LogP contribution in [0.3, 0.4) is 0 Å². The SMILES string of the molecule is Cc1ccc(C2CCCCC2)cc1C(c1cc(C2CCCCC2)ccc1C)c1cc(O)ccc1Cc1ccc(O)cc1C(c1cc(C2CCCCC2)ccc1C)c1cc(C2CCCCC2)ccc1C. The highest BCUT2D eigenvalue weighted by Gasteiger charge is 2.31. The lowest BCUT2D eigenvalue weighted by Gasteiger charge is -2.31. The molecule has 2 heteroatoms. The van der Waals surface area contributed by atoms with Crippen molar-refractivity contribution in [2.45, 2.75) is 198 Å². The standard InChI is InChI=1S/C67H80O2/c1-44-25-29-52(48-17-9-5-10-18-48)38-60(44)66(61-39-53(30-26-45(61)2)49-19-11-6-12-20-49)64-42-58(68)35-33-56(64)37-57-34-36-59(69)43-65(57)67(62-40-54(31-27-46(62)3)50-21-13-7-14-22-50)63-41-55(32-28-47(63)4)51-23-15-8-16-24-51/h25-36,38-43,48-51,66-69H,5-24,37H2,1-4H3. The molecule has 2 nitrogen and oxygen atoms in total. The number of phenolic OH excluding ortho intramolecular Hbond substituents is 2. The molecule has 6 aromatic rings. The van der Waals surface area contributed by atoms with E-state index in [1.165, 1.54) is 217 Å². The largest absolute Gasteiger partial charge is 0.508 e. The van der Waals surface area contributed by atoms with Crippen molar-refractivity contribution in [2.24, 2.45) is 0 Å². The second-order valence-corrected chi connectivity index (χ2v) is 22.6. The maximum absolute atomic E-state index is 11.7. The monoisotopic (exact) mass is 917 g/mol. The molecule has 69 heavy (non-hydrogen) atoms. The summed E-state index contributed by atoms with van der Waals surface area (Å²) in [5.74, 6) is 2.88. The summed E-state index contributed by atoms with van der Waals surface area (Å²) in [7, 11) is 0. The van der Waals surface area contributed by atoms with Crippen molar-refractivity contribution in [3.8, 4) is 11.5 Å². The zero-order chi connectivity index (χ0) is 47.4. The molecular formula is C67H80O2. The van der Waals surface area contributed by atoms with Crippen molar-refractivity contribution in [1.29, 1.82) is 0 Å². The van der Waals surface area contributed by atoms with Gasteiger partial charge in [-0.1, -0.05) is 162 Å². The number of rotatable bonds is 12. The van der Waals surface area contributed by atoms with E-state index in [4.69, 9.17) is 0 Å². The number of hydrogen-bond donors (Lipinski definition) is 2. The van der Waals surface area contributed by atoms with E-state index in [1.807, 2.05) is 12.1 Å². The fourth-order valence-electron chi connectivity index (χ4n) is 13.9. The smallest absolute Gasteiger partial charge is 0.115 e. The van der Waals surface area contributed by atoms with E-state index >= 15 is 0 Å². The third-order valence-electron chi connectivity index (χ3n) is 18.0. The summed E-state index contributed by atoms with van der Waals surface area (Å²) >= 11 is 0. The molecule has 2 N–H and O–H groups in total. The first kappa shape index (κ1) is 47.6. The normalized spacial score (nSPS) is 18.1. The summed E-state index contributed by atoms with van der Waals surface area (Å²) in [6.07, 6.45) is 26.6. The van der Waals surface area contributed by atoms with Crippen molar-refractivity contribution >= 4 is 0 Å². The van der Waals surface area contributed by atoms with Crippen LogP contribution in [-0.2, 0) is 6.42 Å². The lowest BCUT2D eigenvalue weighted by atomic mass is 9.73. The molecule has 4 fully saturated rings. The van der Waals surface area contributed by atoms with Gasteiger partial charge in [0.15, 0.2) is 0 Å². The van der Waals surface area contributed by atoms with Gasteiger partial charge in [0.2, 0.25) is 0 Å². The first-order valence-electron chi connectivity index (χ1n) is 27.7. The molecule has 10 rings (SSSR count). The molecule has 0 unspecified atom stereocenters. The molecule has 0 atom stereocenters. The Balaban J connectivity index is 1.15. The molecule has 4 saturated carbocycles. The van der Waals surface area contributed by atoms with Crippen molar-refractivity contribution in [3.63, 3.8) is 0 Å². The maximum Gasteiger partial charge on any atom is 0.115 e. The first-order chi connectivity index (χ1) is 33.7. The molecule has 0 radical (unpaired) electrons. The van der Waals surface area contributed by atoms with Crippen LogP contribution in [-0.4, -0.2) is 10.2 Å². The highest BCUT2D eigenvalue weighted by atomic mass is 16.3. The molecule has 0 aromatic heterocycles. The summed E-state index contributed by atoms with van der Waals surface area (Å²) in [4.78, 5) is 0. The summed E-state index contributed by atoms with van der Waals surface area (Å²) < 4.78 is 0. The van der Waals surface area contributed by atoms with Crippen molar-refractivity contribution < 1.29 is 10.2 Å². The predicted octanol–water partition coefficient (Wildman–Crippen LogP) is 18.5. The van der Waals surface area contributed by atoms with Crippen LogP contribution in [0.1, 0.15) is 253 Å². The highest BCUT2D eigenvalue weighted by Crippen LogP contribution is 2.47. The van der Waals surface area contributed by atoms with Gasteiger partial charge < -0.3 is 10.2 Å². The number of benzene rings is 6. The molecule has 0 heterocycles. The average molecular weight is 917 g/mol. The predicted molar refractivity (Wildman–Crippen MR) is 289 cm³/mol. The lowest BCUT2D eigenvalue weighted by Crippen LogP contribution is -2.15. The van der Waals surface area contributed by atoms with E-state index in [-0.39, 0.29) is 11.8 Å². The second-order valence-electron chi connectivity index (χ2n) is 22.6. The minimum atomic E-state index is -0.0561. The maximum atomic E-state index is 11.7. The van der Waals surface area contributed by atoms with Gasteiger partial charge in [0.1, 0.15) is 11.5 Å². The van der Waals surface area contributed by atoms with Gasteiger partial charge in [-0.2, -0.15) is 0 Å². The molecular weight excluding hydrogens is 837 g/mol.